The molecule has 5 nitrogen and oxygen atoms in total. The summed E-state index contributed by atoms with van der Waals surface area (Å²) in [6, 6.07) is 18.1. The first-order valence-corrected chi connectivity index (χ1v) is 8.70. The van der Waals surface area contributed by atoms with Gasteiger partial charge in [-0.15, -0.1) is 0 Å². The van der Waals surface area contributed by atoms with Crippen molar-refractivity contribution in [3.8, 4) is 11.1 Å². The van der Waals surface area contributed by atoms with Crippen molar-refractivity contribution in [2.24, 2.45) is 10.3 Å². The van der Waals surface area contributed by atoms with Crippen LogP contribution in [-0.2, 0) is 13.3 Å². The van der Waals surface area contributed by atoms with Gasteiger partial charge in [-0.25, -0.2) is 10.3 Å². The first-order chi connectivity index (χ1) is 8.90. The predicted octanol–water partition coefficient (Wildman–Crippen LogP) is 1.99. The maximum absolute atomic E-state index is 10.7. The zero-order chi connectivity index (χ0) is 14.3. The molecule has 0 atom stereocenters. The first kappa shape index (κ1) is 15.9. The van der Waals surface area contributed by atoms with Crippen molar-refractivity contribution in [1.82, 2.24) is 0 Å². The molecule has 0 aliphatic carbocycles. The van der Waals surface area contributed by atoms with Gasteiger partial charge < -0.3 is 0 Å². The quantitative estimate of drug-likeness (QED) is 0.764. The van der Waals surface area contributed by atoms with Gasteiger partial charge in [-0.05, 0) is 23.3 Å². The van der Waals surface area contributed by atoms with Crippen LogP contribution in [0.25, 0.3) is 11.1 Å². The van der Waals surface area contributed by atoms with Crippen molar-refractivity contribution in [3.63, 3.8) is 0 Å². The summed E-state index contributed by atoms with van der Waals surface area (Å²) in [5.74, 6) is 0. The van der Waals surface area contributed by atoms with Crippen LogP contribution >= 0.6 is 21.2 Å². The Kier molecular flexibility index (Phi) is 6.22. The molecule has 0 amide bonds. The van der Waals surface area contributed by atoms with E-state index in [-0.39, 0.29) is 0 Å². The molecule has 0 aromatic heterocycles. The molecule has 0 heterocycles. The van der Waals surface area contributed by atoms with E-state index in [9.17, 15) is 11.5 Å². The highest BCUT2D eigenvalue weighted by Crippen LogP contribution is 2.20. The summed E-state index contributed by atoms with van der Waals surface area (Å²) < 4.78 is 30.0. The minimum absolute atomic E-state index is 0.948. The Morgan fingerprint density at radius 1 is 0.789 bits per heavy atom. The smallest absolute Gasteiger partial charge is 0.265 e. The lowest BCUT2D eigenvalue weighted by Crippen LogP contribution is -2.21. The zero-order valence-electron chi connectivity index (χ0n) is 9.86. The van der Waals surface area contributed by atoms with Crippen molar-refractivity contribution in [1.29, 1.82) is 0 Å². The Morgan fingerprint density at radius 2 is 1.21 bits per heavy atom. The van der Waals surface area contributed by atoms with E-state index >= 15 is 0 Å². The van der Waals surface area contributed by atoms with Crippen LogP contribution in [0.1, 0.15) is 0 Å². The third kappa shape index (κ3) is 7.11. The highest BCUT2D eigenvalue weighted by molar-refractivity contribution is 14.1. The molecule has 0 spiro atoms. The SMILES string of the molecule is NS(N)(=O)=O.O=Ic1ccc(-c2ccccc2)cc1. The number of benzene rings is 2. The number of halogens is 1. The maximum atomic E-state index is 10.7. The predicted molar refractivity (Wildman–Crippen MR) is 82.6 cm³/mol. The Bertz CT molecular complexity index is 620. The fourth-order valence-electron chi connectivity index (χ4n) is 1.32. The topological polar surface area (TPSA) is 103 Å². The van der Waals surface area contributed by atoms with Crippen molar-refractivity contribution in [3.05, 3.63) is 58.2 Å². The van der Waals surface area contributed by atoms with E-state index in [2.05, 4.69) is 22.4 Å². The van der Waals surface area contributed by atoms with Crippen molar-refractivity contribution in [2.75, 3.05) is 0 Å². The molecule has 0 unspecified atom stereocenters. The average Bonchev–Trinajstić information content (AvgIpc) is 2.38. The average molecular weight is 392 g/mol. The lowest BCUT2D eigenvalue weighted by atomic mass is 10.1. The minimum Gasteiger partial charge on any atom is -0.265 e. The normalized spacial score (nSPS) is 10.4. The van der Waals surface area contributed by atoms with Crippen LogP contribution in [-0.4, -0.2) is 8.42 Å². The zero-order valence-corrected chi connectivity index (χ0v) is 12.8. The molecule has 2 aromatic carbocycles. The summed E-state index contributed by atoms with van der Waals surface area (Å²) in [6.45, 7) is 0. The summed E-state index contributed by atoms with van der Waals surface area (Å²) in [6.07, 6.45) is 0. The van der Waals surface area contributed by atoms with Crippen LogP contribution in [0, 0.1) is 3.57 Å². The van der Waals surface area contributed by atoms with E-state index in [1.807, 2.05) is 42.5 Å². The fraction of sp³-hybridized carbons (Fsp3) is 0. The maximum Gasteiger partial charge on any atom is 0.271 e. The molecule has 0 radical (unpaired) electrons. The van der Waals surface area contributed by atoms with Gasteiger partial charge in [0, 0.05) is 3.57 Å². The lowest BCUT2D eigenvalue weighted by Gasteiger charge is -2.00. The standard InChI is InChI=1S/C12H9IO.H4N2O2S/c14-13-12-8-6-11(7-9-12)10-4-2-1-3-5-10;1-5(2,3)4/h1-9H;(H4,1,2,3,4). The fourth-order valence-corrected chi connectivity index (χ4v) is 1.98. The van der Waals surface area contributed by atoms with E-state index in [1.54, 1.807) is 0 Å². The van der Waals surface area contributed by atoms with Gasteiger partial charge in [0.05, 0.1) is 0 Å². The van der Waals surface area contributed by atoms with Crippen LogP contribution < -0.4 is 10.3 Å². The van der Waals surface area contributed by atoms with Gasteiger partial charge in [0.1, 0.15) is 0 Å². The summed E-state index contributed by atoms with van der Waals surface area (Å²) in [5.41, 5.74) is 2.37. The van der Waals surface area contributed by atoms with Crippen molar-refractivity contribution in [2.45, 2.75) is 0 Å². The monoisotopic (exact) mass is 392 g/mol. The second kappa shape index (κ2) is 7.43. The number of rotatable bonds is 2. The number of hydrogen-bond acceptors (Lipinski definition) is 3. The van der Waals surface area contributed by atoms with Crippen LogP contribution in [0.15, 0.2) is 54.6 Å². The second-order valence-corrected chi connectivity index (χ2v) is 6.40. The van der Waals surface area contributed by atoms with Crippen LogP contribution in [0.4, 0.5) is 0 Å². The molecular formula is C12H13IN2O3S. The van der Waals surface area contributed by atoms with E-state index in [4.69, 9.17) is 0 Å². The van der Waals surface area contributed by atoms with E-state index in [0.29, 0.717) is 0 Å². The van der Waals surface area contributed by atoms with Gasteiger partial charge in [-0.2, -0.15) is 8.42 Å². The molecule has 0 aliphatic rings. The second-order valence-electron chi connectivity index (χ2n) is 3.54. The molecule has 19 heavy (non-hydrogen) atoms. The Morgan fingerprint density at radius 3 is 1.63 bits per heavy atom. The molecule has 2 rings (SSSR count). The molecule has 102 valence electrons. The van der Waals surface area contributed by atoms with E-state index < -0.39 is 31.4 Å². The first-order valence-electron chi connectivity index (χ1n) is 5.13. The third-order valence-electron chi connectivity index (χ3n) is 2.04. The van der Waals surface area contributed by atoms with Gasteiger partial charge in [0.25, 0.3) is 10.2 Å². The van der Waals surface area contributed by atoms with Crippen molar-refractivity contribution < 1.29 is 11.5 Å². The number of hydrogen-bond donors (Lipinski definition) is 2. The molecule has 0 bridgehead atoms. The van der Waals surface area contributed by atoms with Crippen molar-refractivity contribution >= 4 is 31.4 Å². The summed E-state index contributed by atoms with van der Waals surface area (Å²) in [7, 11) is -3.67. The van der Waals surface area contributed by atoms with Gasteiger partial charge in [-0.3, -0.25) is 3.07 Å². The molecule has 0 aliphatic heterocycles. The lowest BCUT2D eigenvalue weighted by molar-refractivity contribution is 0.599. The molecular weight excluding hydrogens is 379 g/mol. The Balaban J connectivity index is 0.000000312. The van der Waals surface area contributed by atoms with Gasteiger partial charge >= 0.3 is 0 Å². The van der Waals surface area contributed by atoms with Gasteiger partial charge in [-0.1, -0.05) is 42.5 Å². The Hall–Kier alpha value is -1.16. The van der Waals surface area contributed by atoms with E-state index in [0.717, 1.165) is 3.57 Å². The third-order valence-corrected chi connectivity index (χ3v) is 3.27. The van der Waals surface area contributed by atoms with Crippen LogP contribution in [0.2, 0.25) is 0 Å². The number of nitrogens with two attached hydrogens (primary N) is 2. The van der Waals surface area contributed by atoms with Gasteiger partial charge in [0.2, 0.25) is 0 Å². The summed E-state index contributed by atoms with van der Waals surface area (Å²) in [5, 5.41) is 8.21. The summed E-state index contributed by atoms with van der Waals surface area (Å²) >= 11 is -1.02. The molecule has 7 heteroatoms. The van der Waals surface area contributed by atoms with Crippen LogP contribution in [0.5, 0.6) is 0 Å². The molecule has 0 fully saturated rings. The van der Waals surface area contributed by atoms with Gasteiger partial charge in [0.15, 0.2) is 21.2 Å². The largest absolute Gasteiger partial charge is 0.271 e. The molecule has 4 N–H and O–H groups in total. The van der Waals surface area contributed by atoms with E-state index in [1.165, 1.54) is 11.1 Å². The highest BCUT2D eigenvalue weighted by atomic mass is 127. The minimum atomic E-state index is -3.67. The highest BCUT2D eigenvalue weighted by Gasteiger charge is 1.96. The van der Waals surface area contributed by atoms with Crippen LogP contribution in [0.3, 0.4) is 0 Å². The Labute approximate surface area is 122 Å². The molecule has 0 saturated carbocycles. The summed E-state index contributed by atoms with van der Waals surface area (Å²) in [4.78, 5) is 0. The molecule has 0 saturated heterocycles. The molecule has 2 aromatic rings.